The molecule has 0 amide bonds. The summed E-state index contributed by atoms with van der Waals surface area (Å²) >= 11 is 0. The van der Waals surface area contributed by atoms with Gasteiger partial charge in [0.15, 0.2) is 0 Å². The van der Waals surface area contributed by atoms with Gasteiger partial charge in [0.05, 0.1) is 6.20 Å². The number of rotatable bonds is 6. The summed E-state index contributed by atoms with van der Waals surface area (Å²) in [6.45, 7) is 9.13. The molecule has 92 valence electrons. The summed E-state index contributed by atoms with van der Waals surface area (Å²) in [6.07, 6.45) is 4.02. The molecule has 0 spiro atoms. The molecule has 0 saturated carbocycles. The van der Waals surface area contributed by atoms with Gasteiger partial charge in [-0.2, -0.15) is 5.10 Å². The fraction of sp³-hybridized carbons (Fsp3) is 0.750. The molecule has 0 saturated heterocycles. The van der Waals surface area contributed by atoms with Gasteiger partial charge in [0.25, 0.3) is 0 Å². The predicted octanol–water partition coefficient (Wildman–Crippen LogP) is 1.49. The van der Waals surface area contributed by atoms with Crippen molar-refractivity contribution in [3.63, 3.8) is 0 Å². The second kappa shape index (κ2) is 6.01. The molecule has 1 unspecified atom stereocenters. The monoisotopic (exact) mass is 224 g/mol. The zero-order valence-corrected chi connectivity index (χ0v) is 10.8. The van der Waals surface area contributed by atoms with Crippen molar-refractivity contribution in [2.24, 2.45) is 11.7 Å². The topological polar surface area (TPSA) is 47.1 Å². The minimum atomic E-state index is 0.280. The van der Waals surface area contributed by atoms with E-state index in [9.17, 15) is 0 Å². The van der Waals surface area contributed by atoms with Gasteiger partial charge < -0.3 is 5.73 Å². The zero-order valence-electron chi connectivity index (χ0n) is 10.8. The normalized spacial score (nSPS) is 13.7. The Morgan fingerprint density at radius 1 is 1.50 bits per heavy atom. The maximum Gasteiger partial charge on any atom is 0.0538 e. The van der Waals surface area contributed by atoms with Crippen molar-refractivity contribution < 1.29 is 0 Å². The third kappa shape index (κ3) is 3.32. The summed E-state index contributed by atoms with van der Waals surface area (Å²) in [4.78, 5) is 2.31. The summed E-state index contributed by atoms with van der Waals surface area (Å²) in [6, 6.07) is 0.280. The van der Waals surface area contributed by atoms with Crippen LogP contribution in [0.2, 0.25) is 0 Å². The van der Waals surface area contributed by atoms with Gasteiger partial charge in [-0.1, -0.05) is 13.8 Å². The number of nitrogens with zero attached hydrogens (tertiary/aromatic N) is 3. The summed E-state index contributed by atoms with van der Waals surface area (Å²) < 4.78 is 1.95. The molecule has 0 aliphatic heterocycles. The highest BCUT2D eigenvalue weighted by Gasteiger charge is 2.17. The van der Waals surface area contributed by atoms with E-state index in [2.05, 4.69) is 44.0 Å². The van der Waals surface area contributed by atoms with Gasteiger partial charge in [-0.15, -0.1) is 0 Å². The molecular formula is C12H24N4. The van der Waals surface area contributed by atoms with Crippen LogP contribution in [0.4, 0.5) is 0 Å². The Morgan fingerprint density at radius 2 is 2.19 bits per heavy atom. The quantitative estimate of drug-likeness (QED) is 0.796. The van der Waals surface area contributed by atoms with Gasteiger partial charge in [0.1, 0.15) is 0 Å². The van der Waals surface area contributed by atoms with Crippen molar-refractivity contribution in [3.05, 3.63) is 18.0 Å². The molecule has 0 aromatic carbocycles. The molecule has 0 bridgehead atoms. The van der Waals surface area contributed by atoms with Crippen molar-refractivity contribution in [3.8, 4) is 0 Å². The van der Waals surface area contributed by atoms with E-state index in [1.165, 1.54) is 5.56 Å². The van der Waals surface area contributed by atoms with Crippen LogP contribution in [0.15, 0.2) is 12.4 Å². The van der Waals surface area contributed by atoms with Crippen molar-refractivity contribution >= 4 is 0 Å². The third-order valence-electron chi connectivity index (χ3n) is 2.77. The van der Waals surface area contributed by atoms with Gasteiger partial charge in [-0.05, 0) is 19.9 Å². The Bertz CT molecular complexity index is 306. The lowest BCUT2D eigenvalue weighted by Gasteiger charge is -2.27. The second-order valence-corrected chi connectivity index (χ2v) is 4.71. The van der Waals surface area contributed by atoms with Crippen LogP contribution in [0.25, 0.3) is 0 Å². The zero-order chi connectivity index (χ0) is 12.1. The predicted molar refractivity (Wildman–Crippen MR) is 67.2 cm³/mol. The number of hydrogen-bond acceptors (Lipinski definition) is 3. The number of likely N-dealkylation sites (N-methyl/N-ethyl adjacent to an activating group) is 1. The minimum Gasteiger partial charge on any atom is -0.329 e. The smallest absolute Gasteiger partial charge is 0.0538 e. The molecule has 1 atom stereocenters. The molecule has 0 aliphatic rings. The van der Waals surface area contributed by atoms with Gasteiger partial charge in [-0.25, -0.2) is 0 Å². The Morgan fingerprint density at radius 3 is 2.62 bits per heavy atom. The van der Waals surface area contributed by atoms with Crippen LogP contribution in [-0.2, 0) is 6.54 Å². The molecule has 4 heteroatoms. The van der Waals surface area contributed by atoms with Crippen LogP contribution in [0.5, 0.6) is 0 Å². The Balaban J connectivity index is 2.72. The summed E-state index contributed by atoms with van der Waals surface area (Å²) in [7, 11) is 2.13. The molecule has 4 nitrogen and oxygen atoms in total. The molecule has 0 radical (unpaired) electrons. The first-order valence-corrected chi connectivity index (χ1v) is 6.01. The van der Waals surface area contributed by atoms with E-state index in [1.54, 1.807) is 0 Å². The van der Waals surface area contributed by atoms with E-state index < -0.39 is 0 Å². The van der Waals surface area contributed by atoms with Gasteiger partial charge in [-0.3, -0.25) is 9.58 Å². The van der Waals surface area contributed by atoms with Gasteiger partial charge in [0.2, 0.25) is 0 Å². The molecule has 2 N–H and O–H groups in total. The highest BCUT2D eigenvalue weighted by atomic mass is 15.3. The SMILES string of the molecule is CCn1cc(C(CN)N(C)CC(C)C)cn1. The lowest BCUT2D eigenvalue weighted by molar-refractivity contribution is 0.223. The van der Waals surface area contributed by atoms with E-state index >= 15 is 0 Å². The Hall–Kier alpha value is -0.870. The number of aromatic nitrogens is 2. The van der Waals surface area contributed by atoms with Crippen molar-refractivity contribution in [1.29, 1.82) is 0 Å². The Labute approximate surface area is 98.4 Å². The molecule has 1 rings (SSSR count). The fourth-order valence-electron chi connectivity index (χ4n) is 2.00. The first-order chi connectivity index (χ1) is 7.58. The van der Waals surface area contributed by atoms with Crippen LogP contribution in [0.3, 0.4) is 0 Å². The fourth-order valence-corrected chi connectivity index (χ4v) is 2.00. The lowest BCUT2D eigenvalue weighted by atomic mass is 10.1. The van der Waals surface area contributed by atoms with E-state index in [-0.39, 0.29) is 6.04 Å². The van der Waals surface area contributed by atoms with Crippen LogP contribution in [0, 0.1) is 5.92 Å². The van der Waals surface area contributed by atoms with Crippen molar-refractivity contribution in [2.75, 3.05) is 20.1 Å². The number of aryl methyl sites for hydroxylation is 1. The molecule has 0 aliphatic carbocycles. The number of nitrogens with two attached hydrogens (primary N) is 1. The molecule has 0 fully saturated rings. The lowest BCUT2D eigenvalue weighted by Crippen LogP contribution is -2.33. The van der Waals surface area contributed by atoms with Crippen LogP contribution in [0.1, 0.15) is 32.4 Å². The number of hydrogen-bond donors (Lipinski definition) is 1. The minimum absolute atomic E-state index is 0.280. The van der Waals surface area contributed by atoms with E-state index in [0.29, 0.717) is 12.5 Å². The molecular weight excluding hydrogens is 200 g/mol. The van der Waals surface area contributed by atoms with Gasteiger partial charge >= 0.3 is 0 Å². The summed E-state index contributed by atoms with van der Waals surface area (Å²) in [5.41, 5.74) is 7.07. The van der Waals surface area contributed by atoms with Crippen LogP contribution < -0.4 is 5.73 Å². The van der Waals surface area contributed by atoms with Gasteiger partial charge in [0, 0.05) is 37.4 Å². The average molecular weight is 224 g/mol. The third-order valence-corrected chi connectivity index (χ3v) is 2.77. The first kappa shape index (κ1) is 13.2. The van der Waals surface area contributed by atoms with E-state index in [0.717, 1.165) is 13.1 Å². The maximum atomic E-state index is 5.85. The van der Waals surface area contributed by atoms with Crippen molar-refractivity contribution in [2.45, 2.75) is 33.4 Å². The summed E-state index contributed by atoms with van der Waals surface area (Å²) in [5, 5.41) is 4.30. The molecule has 1 aromatic heterocycles. The van der Waals surface area contributed by atoms with Crippen LogP contribution >= 0.6 is 0 Å². The van der Waals surface area contributed by atoms with E-state index in [4.69, 9.17) is 5.73 Å². The highest BCUT2D eigenvalue weighted by Crippen LogP contribution is 2.18. The molecule has 16 heavy (non-hydrogen) atoms. The molecule has 1 aromatic rings. The summed E-state index contributed by atoms with van der Waals surface area (Å²) in [5.74, 6) is 0.653. The Kier molecular flexibility index (Phi) is 4.96. The second-order valence-electron chi connectivity index (χ2n) is 4.71. The maximum absolute atomic E-state index is 5.85. The van der Waals surface area contributed by atoms with Crippen LogP contribution in [-0.4, -0.2) is 34.8 Å². The standard InChI is InChI=1S/C12H24N4/c1-5-16-9-11(7-14-16)12(6-13)15(4)8-10(2)3/h7,9-10,12H,5-6,8,13H2,1-4H3. The highest BCUT2D eigenvalue weighted by molar-refractivity contribution is 5.11. The first-order valence-electron chi connectivity index (χ1n) is 6.01. The van der Waals surface area contributed by atoms with E-state index in [1.807, 2.05) is 10.9 Å². The molecule has 1 heterocycles. The van der Waals surface area contributed by atoms with Crippen molar-refractivity contribution in [1.82, 2.24) is 14.7 Å². The largest absolute Gasteiger partial charge is 0.329 e. The average Bonchev–Trinajstić information content (AvgIpc) is 2.66.